The van der Waals surface area contributed by atoms with Crippen LogP contribution in [0.2, 0.25) is 0 Å². The van der Waals surface area contributed by atoms with Gasteiger partial charge in [0.1, 0.15) is 11.6 Å². The lowest BCUT2D eigenvalue weighted by Crippen LogP contribution is -2.19. The van der Waals surface area contributed by atoms with Crippen LogP contribution in [0.3, 0.4) is 0 Å². The molecule has 7 heteroatoms. The number of carbonyl (C=O) groups is 1. The number of aromatic nitrogens is 2. The van der Waals surface area contributed by atoms with E-state index in [1.165, 1.54) is 11.8 Å². The Labute approximate surface area is 163 Å². The predicted molar refractivity (Wildman–Crippen MR) is 110 cm³/mol. The molecular formula is C20H27N3O3S. The van der Waals surface area contributed by atoms with Crippen molar-refractivity contribution in [1.82, 2.24) is 9.78 Å². The number of anilines is 1. The first-order chi connectivity index (χ1) is 12.9. The van der Waals surface area contributed by atoms with Gasteiger partial charge in [-0.3, -0.25) is 19.4 Å². The fourth-order valence-electron chi connectivity index (χ4n) is 3.43. The minimum atomic E-state index is -0.202. The third-order valence-electron chi connectivity index (χ3n) is 4.73. The molecular weight excluding hydrogens is 362 g/mol. The standard InChI is InChI=1S/C20H27N3O3S/c1-5-14(6-2)23-19-17(20(25)22-23)18(27-11-16(24)21-19)13-7-9-15(10-8-13)26-12(3)4/h7-10,12,14,18H,5-6,11H2,1-4H3,(H,21,24)(H,22,25)/t18-/m0/s1. The summed E-state index contributed by atoms with van der Waals surface area (Å²) in [5.74, 6) is 1.63. The Bertz CT molecular complexity index is 850. The van der Waals surface area contributed by atoms with Crippen LogP contribution in [0.1, 0.15) is 63.0 Å². The van der Waals surface area contributed by atoms with Gasteiger partial charge in [-0.05, 0) is 44.4 Å². The largest absolute Gasteiger partial charge is 0.491 e. The number of fused-ring (bicyclic) bond motifs is 1. The van der Waals surface area contributed by atoms with Crippen molar-refractivity contribution in [3.05, 3.63) is 45.7 Å². The number of thioether (sulfide) groups is 1. The van der Waals surface area contributed by atoms with Gasteiger partial charge in [-0.1, -0.05) is 26.0 Å². The van der Waals surface area contributed by atoms with Gasteiger partial charge in [0.25, 0.3) is 5.56 Å². The van der Waals surface area contributed by atoms with E-state index < -0.39 is 0 Å². The summed E-state index contributed by atoms with van der Waals surface area (Å²) in [6.07, 6.45) is 1.86. The fourth-order valence-corrected chi connectivity index (χ4v) is 4.55. The normalized spacial score (nSPS) is 17.0. The SMILES string of the molecule is CCC(CC)n1[nH]c(=O)c2c1NC(=O)CS[C@H]2c1ccc(OC(C)C)cc1. The average molecular weight is 390 g/mol. The Kier molecular flexibility index (Phi) is 5.99. The summed E-state index contributed by atoms with van der Waals surface area (Å²) >= 11 is 1.48. The molecule has 0 radical (unpaired) electrons. The molecule has 0 saturated heterocycles. The zero-order valence-corrected chi connectivity index (χ0v) is 17.1. The highest BCUT2D eigenvalue weighted by molar-refractivity contribution is 8.00. The lowest BCUT2D eigenvalue weighted by Gasteiger charge is -2.18. The molecule has 0 fully saturated rings. The van der Waals surface area contributed by atoms with Crippen molar-refractivity contribution in [2.24, 2.45) is 0 Å². The molecule has 2 heterocycles. The van der Waals surface area contributed by atoms with E-state index >= 15 is 0 Å². The number of aromatic amines is 1. The van der Waals surface area contributed by atoms with Gasteiger partial charge in [-0.15, -0.1) is 11.8 Å². The van der Waals surface area contributed by atoms with E-state index in [9.17, 15) is 9.59 Å². The van der Waals surface area contributed by atoms with Gasteiger partial charge in [-0.2, -0.15) is 0 Å². The zero-order chi connectivity index (χ0) is 19.6. The van der Waals surface area contributed by atoms with E-state index in [1.54, 1.807) is 0 Å². The molecule has 3 rings (SSSR count). The molecule has 146 valence electrons. The van der Waals surface area contributed by atoms with Gasteiger partial charge in [0.2, 0.25) is 5.91 Å². The van der Waals surface area contributed by atoms with E-state index in [4.69, 9.17) is 4.74 Å². The van der Waals surface area contributed by atoms with Gasteiger partial charge in [-0.25, -0.2) is 0 Å². The third-order valence-corrected chi connectivity index (χ3v) is 6.00. The molecule has 1 aromatic heterocycles. The summed E-state index contributed by atoms with van der Waals surface area (Å²) in [5.41, 5.74) is 1.47. The number of rotatable bonds is 6. The summed E-state index contributed by atoms with van der Waals surface area (Å²) in [6.45, 7) is 8.13. The van der Waals surface area contributed by atoms with E-state index in [2.05, 4.69) is 24.3 Å². The molecule has 0 spiro atoms. The van der Waals surface area contributed by atoms with E-state index in [1.807, 2.05) is 42.8 Å². The third kappa shape index (κ3) is 4.08. The van der Waals surface area contributed by atoms with Gasteiger partial charge >= 0.3 is 0 Å². The van der Waals surface area contributed by atoms with Crippen molar-refractivity contribution in [2.45, 2.75) is 57.9 Å². The molecule has 0 bridgehead atoms. The number of hydrogen-bond acceptors (Lipinski definition) is 4. The van der Waals surface area contributed by atoms with Gasteiger partial charge < -0.3 is 10.1 Å². The number of carbonyl (C=O) groups excluding carboxylic acids is 1. The minimum Gasteiger partial charge on any atom is -0.491 e. The van der Waals surface area contributed by atoms with Gasteiger partial charge in [0.15, 0.2) is 0 Å². The van der Waals surface area contributed by atoms with Crippen LogP contribution >= 0.6 is 11.8 Å². The predicted octanol–water partition coefficient (Wildman–Crippen LogP) is 4.10. The van der Waals surface area contributed by atoms with Gasteiger partial charge in [0.05, 0.1) is 28.7 Å². The number of H-pyrrole nitrogens is 1. The highest BCUT2D eigenvalue weighted by atomic mass is 32.2. The molecule has 1 amide bonds. The van der Waals surface area contributed by atoms with Crippen molar-refractivity contribution < 1.29 is 9.53 Å². The Morgan fingerprint density at radius 1 is 1.19 bits per heavy atom. The second-order valence-electron chi connectivity index (χ2n) is 7.02. The average Bonchev–Trinajstić information content (AvgIpc) is 2.83. The van der Waals surface area contributed by atoms with Crippen LogP contribution in [0.4, 0.5) is 5.82 Å². The highest BCUT2D eigenvalue weighted by Gasteiger charge is 2.31. The van der Waals surface area contributed by atoms with Crippen molar-refractivity contribution in [3.63, 3.8) is 0 Å². The molecule has 0 unspecified atom stereocenters. The maximum atomic E-state index is 12.8. The van der Waals surface area contributed by atoms with Crippen molar-refractivity contribution in [3.8, 4) is 5.75 Å². The highest BCUT2D eigenvalue weighted by Crippen LogP contribution is 2.41. The van der Waals surface area contributed by atoms with Crippen LogP contribution in [0, 0.1) is 0 Å². The fraction of sp³-hybridized carbons (Fsp3) is 0.500. The second kappa shape index (κ2) is 8.25. The molecule has 1 atom stereocenters. The number of amides is 1. The van der Waals surface area contributed by atoms with Crippen LogP contribution in [0.25, 0.3) is 0 Å². The Morgan fingerprint density at radius 2 is 1.85 bits per heavy atom. The first kappa shape index (κ1) is 19.6. The molecule has 0 saturated carbocycles. The molecule has 6 nitrogen and oxygen atoms in total. The van der Waals surface area contributed by atoms with E-state index in [-0.39, 0.29) is 28.9 Å². The molecule has 27 heavy (non-hydrogen) atoms. The van der Waals surface area contributed by atoms with Crippen molar-refractivity contribution in [1.29, 1.82) is 0 Å². The molecule has 1 aliphatic rings. The van der Waals surface area contributed by atoms with Crippen LogP contribution < -0.4 is 15.6 Å². The first-order valence-electron chi connectivity index (χ1n) is 9.47. The molecule has 1 aromatic carbocycles. The molecule has 2 N–H and O–H groups in total. The molecule has 2 aromatic rings. The summed E-state index contributed by atoms with van der Waals surface area (Å²) in [6, 6.07) is 7.93. The maximum absolute atomic E-state index is 12.8. The van der Waals surface area contributed by atoms with Crippen LogP contribution in [0.15, 0.2) is 29.1 Å². The number of nitrogens with one attached hydrogen (secondary N) is 2. The molecule has 1 aliphatic heterocycles. The van der Waals surface area contributed by atoms with E-state index in [0.29, 0.717) is 17.1 Å². The number of hydrogen-bond donors (Lipinski definition) is 2. The second-order valence-corrected chi connectivity index (χ2v) is 8.11. The molecule has 0 aliphatic carbocycles. The van der Waals surface area contributed by atoms with Crippen LogP contribution in [-0.4, -0.2) is 27.5 Å². The van der Waals surface area contributed by atoms with Gasteiger partial charge in [0, 0.05) is 0 Å². The topological polar surface area (TPSA) is 76.1 Å². The van der Waals surface area contributed by atoms with E-state index in [0.717, 1.165) is 24.2 Å². The number of nitrogens with zero attached hydrogens (tertiary/aromatic N) is 1. The number of ether oxygens (including phenoxy) is 1. The van der Waals surface area contributed by atoms with Crippen LogP contribution in [-0.2, 0) is 4.79 Å². The van der Waals surface area contributed by atoms with Crippen molar-refractivity contribution >= 4 is 23.5 Å². The summed E-state index contributed by atoms with van der Waals surface area (Å²) in [7, 11) is 0. The van der Waals surface area contributed by atoms with Crippen molar-refractivity contribution in [2.75, 3.05) is 11.1 Å². The lowest BCUT2D eigenvalue weighted by atomic mass is 10.1. The smallest absolute Gasteiger partial charge is 0.270 e. The Hall–Kier alpha value is -2.15. The minimum absolute atomic E-state index is 0.0813. The maximum Gasteiger partial charge on any atom is 0.270 e. The monoisotopic (exact) mass is 389 g/mol. The Morgan fingerprint density at radius 3 is 2.44 bits per heavy atom. The zero-order valence-electron chi connectivity index (χ0n) is 16.2. The summed E-state index contributed by atoms with van der Waals surface area (Å²) in [5, 5.41) is 5.69. The number of benzene rings is 1. The Balaban J connectivity index is 2.04. The quantitative estimate of drug-likeness (QED) is 0.780. The van der Waals surface area contributed by atoms with Crippen LogP contribution in [0.5, 0.6) is 5.75 Å². The lowest BCUT2D eigenvalue weighted by molar-refractivity contribution is -0.113. The summed E-state index contributed by atoms with van der Waals surface area (Å²) < 4.78 is 7.55. The summed E-state index contributed by atoms with van der Waals surface area (Å²) in [4.78, 5) is 25.1. The first-order valence-corrected chi connectivity index (χ1v) is 10.5.